The van der Waals surface area contributed by atoms with Crippen LogP contribution in [0.2, 0.25) is 0 Å². The van der Waals surface area contributed by atoms with Gasteiger partial charge in [-0.1, -0.05) is 44.2 Å². The summed E-state index contributed by atoms with van der Waals surface area (Å²) in [7, 11) is -3.22. The van der Waals surface area contributed by atoms with Gasteiger partial charge in [-0.2, -0.15) is 0 Å². The maximum atomic E-state index is 9.03. The van der Waals surface area contributed by atoms with Crippen LogP contribution in [0.5, 0.6) is 0 Å². The van der Waals surface area contributed by atoms with Gasteiger partial charge in [-0.15, -0.1) is 0 Å². The molecule has 1 aromatic rings. The average molecular weight is 270 g/mol. The lowest BCUT2D eigenvalue weighted by atomic mass is 9.77. The summed E-state index contributed by atoms with van der Waals surface area (Å²) >= 11 is 0. The highest BCUT2D eigenvalue weighted by atomic mass is 28.3. The fourth-order valence-corrected chi connectivity index (χ4v) is 4.49. The third kappa shape index (κ3) is 2.04. The Morgan fingerprint density at radius 3 is 2.84 bits per heavy atom. The lowest BCUT2D eigenvalue weighted by Crippen LogP contribution is -2.43. The number of fused-ring (bicyclic) bond motifs is 2. The summed E-state index contributed by atoms with van der Waals surface area (Å²) in [5.74, 6) is 0. The Morgan fingerprint density at radius 1 is 1.32 bits per heavy atom. The van der Waals surface area contributed by atoms with Gasteiger partial charge in [0.15, 0.2) is 0 Å². The van der Waals surface area contributed by atoms with Crippen molar-refractivity contribution in [3.63, 3.8) is 0 Å². The highest BCUT2D eigenvalue weighted by Gasteiger charge is 2.28. The zero-order chi connectivity index (χ0) is 13.6. The highest BCUT2D eigenvalue weighted by molar-refractivity contribution is 6.54. The van der Waals surface area contributed by atoms with Crippen LogP contribution in [0.1, 0.15) is 13.8 Å². The molecule has 0 saturated carbocycles. The van der Waals surface area contributed by atoms with Crippen molar-refractivity contribution < 1.29 is 14.4 Å². The number of rotatable bonds is 2. The minimum absolute atomic E-state index is 0.00977. The number of allylic oxidation sites excluding steroid dienone is 4. The van der Waals surface area contributed by atoms with Crippen LogP contribution in [0.3, 0.4) is 0 Å². The first-order chi connectivity index (χ1) is 8.99. The Bertz CT molecular complexity index is 717. The molecule has 0 saturated heterocycles. The second-order valence-electron chi connectivity index (χ2n) is 5.38. The van der Waals surface area contributed by atoms with Gasteiger partial charge in [-0.05, 0) is 28.1 Å². The predicted octanol–water partition coefficient (Wildman–Crippen LogP) is -0.422. The van der Waals surface area contributed by atoms with Crippen LogP contribution in [-0.4, -0.2) is 26.0 Å². The molecule has 96 valence electrons. The van der Waals surface area contributed by atoms with Crippen molar-refractivity contribution in [2.75, 3.05) is 0 Å². The van der Waals surface area contributed by atoms with E-state index < -0.39 is 16.0 Å². The molecule has 2 N–H and O–H groups in total. The van der Waals surface area contributed by atoms with Crippen LogP contribution in [0.4, 0.5) is 0 Å². The van der Waals surface area contributed by atoms with Gasteiger partial charge in [-0.3, -0.25) is 0 Å². The first-order valence-electron chi connectivity index (χ1n) is 6.27. The normalized spacial score (nSPS) is 18.3. The third-order valence-corrected chi connectivity index (χ3v) is 5.49. The van der Waals surface area contributed by atoms with Gasteiger partial charge < -0.3 is 14.4 Å². The number of hydrogen-bond donors (Lipinski definition) is 2. The van der Waals surface area contributed by atoms with Crippen LogP contribution in [-0.2, 0) is 0 Å². The first kappa shape index (κ1) is 12.6. The zero-order valence-corrected chi connectivity index (χ0v) is 11.9. The van der Waals surface area contributed by atoms with Crippen LogP contribution in [0.15, 0.2) is 41.6 Å². The Balaban J connectivity index is 2.30. The van der Waals surface area contributed by atoms with Crippen LogP contribution < -0.4 is 14.4 Å². The van der Waals surface area contributed by atoms with Crippen molar-refractivity contribution in [2.24, 2.45) is 5.41 Å². The van der Waals surface area contributed by atoms with Gasteiger partial charge >= 0.3 is 7.32 Å². The SMILES string of the molecule is CC1(C)C=CC=C2C=c3c(ccc[si]3OB(O)O)=C21. The second kappa shape index (κ2) is 4.30. The molecular weight excluding hydrogens is 255 g/mol. The van der Waals surface area contributed by atoms with E-state index in [2.05, 4.69) is 44.2 Å². The fourth-order valence-electron chi connectivity index (χ4n) is 2.84. The van der Waals surface area contributed by atoms with Crippen molar-refractivity contribution >= 4 is 27.6 Å². The summed E-state index contributed by atoms with van der Waals surface area (Å²) in [6, 6.07) is 4.04. The van der Waals surface area contributed by atoms with E-state index >= 15 is 0 Å². The molecule has 19 heavy (non-hydrogen) atoms. The van der Waals surface area contributed by atoms with Gasteiger partial charge in [0.1, 0.15) is 0 Å². The summed E-state index contributed by atoms with van der Waals surface area (Å²) in [6.07, 6.45) is 8.49. The van der Waals surface area contributed by atoms with Gasteiger partial charge in [-0.25, -0.2) is 0 Å². The molecule has 5 heteroatoms. The molecular formula is C14H15BO3Si. The molecule has 0 amide bonds. The van der Waals surface area contributed by atoms with Gasteiger partial charge in [0, 0.05) is 10.2 Å². The van der Waals surface area contributed by atoms with E-state index in [1.165, 1.54) is 16.4 Å². The number of hydrogen-bond acceptors (Lipinski definition) is 3. The molecule has 0 radical (unpaired) electrons. The van der Waals surface area contributed by atoms with Crippen LogP contribution >= 0.6 is 0 Å². The Hall–Kier alpha value is -1.43. The minimum Gasteiger partial charge on any atom is -0.575 e. The van der Waals surface area contributed by atoms with Crippen molar-refractivity contribution in [3.8, 4) is 0 Å². The molecule has 0 bridgehead atoms. The smallest absolute Gasteiger partial charge is 0.575 e. The minimum atomic E-state index is -1.72. The molecule has 0 spiro atoms. The van der Waals surface area contributed by atoms with E-state index in [0.717, 1.165) is 4.83 Å². The van der Waals surface area contributed by atoms with Gasteiger partial charge in [0.05, 0.1) is 0 Å². The predicted molar refractivity (Wildman–Crippen MR) is 77.3 cm³/mol. The Kier molecular flexibility index (Phi) is 2.85. The van der Waals surface area contributed by atoms with Crippen molar-refractivity contribution in [2.45, 2.75) is 13.8 Å². The third-order valence-electron chi connectivity index (χ3n) is 3.59. The second-order valence-corrected chi connectivity index (χ2v) is 7.22. The zero-order valence-electron chi connectivity index (χ0n) is 10.9. The van der Waals surface area contributed by atoms with E-state index in [4.69, 9.17) is 14.4 Å². The lowest BCUT2D eigenvalue weighted by molar-refractivity contribution is 0.317. The van der Waals surface area contributed by atoms with Crippen LogP contribution in [0, 0.1) is 5.41 Å². The van der Waals surface area contributed by atoms with Crippen molar-refractivity contribution in [3.05, 3.63) is 51.7 Å². The monoisotopic (exact) mass is 270 g/mol. The standard InChI is InChI=1S/C14H15BO3Si/c1-14(2)7-3-5-10-9-12-11(13(10)14)6-4-8-19(12)18-15(16)17/h3-9,16-17H,1-2H3. The maximum absolute atomic E-state index is 9.03. The molecule has 0 aromatic carbocycles. The molecule has 0 fully saturated rings. The maximum Gasteiger partial charge on any atom is 0.692 e. The van der Waals surface area contributed by atoms with Gasteiger partial charge in [0.25, 0.3) is 8.64 Å². The van der Waals surface area contributed by atoms with E-state index in [-0.39, 0.29) is 5.41 Å². The summed E-state index contributed by atoms with van der Waals surface area (Å²) in [5.41, 5.74) is 4.42. The summed E-state index contributed by atoms with van der Waals surface area (Å²) in [6.45, 7) is 4.38. The molecule has 1 aromatic heterocycles. The van der Waals surface area contributed by atoms with Crippen LogP contribution in [0.25, 0.3) is 11.6 Å². The molecule has 1 heterocycles. The van der Waals surface area contributed by atoms with Crippen molar-refractivity contribution in [1.29, 1.82) is 0 Å². The lowest BCUT2D eigenvalue weighted by Gasteiger charge is -2.26. The molecule has 0 atom stereocenters. The molecule has 0 aliphatic heterocycles. The Labute approximate surface area is 113 Å². The molecule has 3 rings (SSSR count). The molecule has 3 nitrogen and oxygen atoms in total. The summed E-state index contributed by atoms with van der Waals surface area (Å²) < 4.78 is 5.24. The Morgan fingerprint density at radius 2 is 2.11 bits per heavy atom. The van der Waals surface area contributed by atoms with Crippen molar-refractivity contribution in [1.82, 2.24) is 0 Å². The first-order valence-corrected chi connectivity index (χ1v) is 7.76. The quantitative estimate of drug-likeness (QED) is 0.718. The van der Waals surface area contributed by atoms with E-state index in [1.54, 1.807) is 0 Å². The molecule has 2 aliphatic rings. The molecule has 0 unspecified atom stereocenters. The van der Waals surface area contributed by atoms with E-state index in [0.29, 0.717) is 0 Å². The molecule has 2 aliphatic carbocycles. The topological polar surface area (TPSA) is 49.7 Å². The average Bonchev–Trinajstić information content (AvgIpc) is 2.68. The largest absolute Gasteiger partial charge is 0.692 e. The van der Waals surface area contributed by atoms with E-state index in [9.17, 15) is 0 Å². The fraction of sp³-hybridized carbons (Fsp3) is 0.214. The highest BCUT2D eigenvalue weighted by Crippen LogP contribution is 2.38. The van der Waals surface area contributed by atoms with Gasteiger partial charge in [0.2, 0.25) is 0 Å². The summed E-state index contributed by atoms with van der Waals surface area (Å²) in [5, 5.41) is 19.2. The summed E-state index contributed by atoms with van der Waals surface area (Å²) in [4.78, 5) is 1.10. The van der Waals surface area contributed by atoms with E-state index in [1.807, 2.05) is 11.7 Å².